The van der Waals surface area contributed by atoms with Crippen molar-refractivity contribution in [2.75, 3.05) is 24.3 Å². The van der Waals surface area contributed by atoms with Crippen molar-refractivity contribution in [1.82, 2.24) is 15.5 Å². The van der Waals surface area contributed by atoms with Gasteiger partial charge < -0.3 is 9.84 Å². The zero-order valence-corrected chi connectivity index (χ0v) is 11.2. The molecule has 1 aliphatic rings. The highest BCUT2D eigenvalue weighted by molar-refractivity contribution is 7.99. The molecule has 2 heterocycles. The Bertz CT molecular complexity index is 466. The minimum absolute atomic E-state index is 0.163. The zero-order valence-electron chi connectivity index (χ0n) is 9.55. The van der Waals surface area contributed by atoms with Crippen LogP contribution in [0.25, 0.3) is 0 Å². The van der Waals surface area contributed by atoms with Crippen molar-refractivity contribution in [2.24, 2.45) is 0 Å². The summed E-state index contributed by atoms with van der Waals surface area (Å²) in [5.74, 6) is 2.72. The molecular formula is C9H15N3O3S2. The van der Waals surface area contributed by atoms with E-state index in [9.17, 15) is 8.42 Å². The van der Waals surface area contributed by atoms with Crippen LogP contribution in [0.15, 0.2) is 4.52 Å². The maximum atomic E-state index is 11.1. The summed E-state index contributed by atoms with van der Waals surface area (Å²) in [6.07, 6.45) is 1.81. The van der Waals surface area contributed by atoms with E-state index in [1.807, 2.05) is 11.8 Å². The van der Waals surface area contributed by atoms with Gasteiger partial charge >= 0.3 is 0 Å². The van der Waals surface area contributed by atoms with Crippen molar-refractivity contribution >= 4 is 21.6 Å². The van der Waals surface area contributed by atoms with E-state index in [0.29, 0.717) is 18.4 Å². The van der Waals surface area contributed by atoms with Crippen LogP contribution < -0.4 is 5.32 Å². The second kappa shape index (κ2) is 5.36. The first-order valence-corrected chi connectivity index (χ1v) is 8.55. The molecule has 0 spiro atoms. The summed E-state index contributed by atoms with van der Waals surface area (Å²) < 4.78 is 27.2. The highest BCUT2D eigenvalue weighted by atomic mass is 32.2. The zero-order chi connectivity index (χ0) is 12.3. The van der Waals surface area contributed by atoms with Crippen LogP contribution in [0.1, 0.15) is 11.7 Å². The molecule has 1 N–H and O–H groups in total. The van der Waals surface area contributed by atoms with Gasteiger partial charge in [-0.2, -0.15) is 16.7 Å². The number of hydrogen-bond acceptors (Lipinski definition) is 7. The molecule has 1 unspecified atom stereocenters. The molecular weight excluding hydrogens is 262 g/mol. The highest BCUT2D eigenvalue weighted by Crippen LogP contribution is 2.12. The lowest BCUT2D eigenvalue weighted by atomic mass is 10.2. The molecule has 1 aliphatic heterocycles. The van der Waals surface area contributed by atoms with Crippen LogP contribution in [-0.4, -0.2) is 48.9 Å². The number of thioether (sulfide) groups is 1. The van der Waals surface area contributed by atoms with Gasteiger partial charge in [-0.25, -0.2) is 8.42 Å². The maximum Gasteiger partial charge on any atom is 0.228 e. The van der Waals surface area contributed by atoms with Gasteiger partial charge in [0, 0.05) is 36.8 Å². The molecule has 1 aromatic rings. The Balaban J connectivity index is 1.93. The van der Waals surface area contributed by atoms with Crippen molar-refractivity contribution in [3.05, 3.63) is 11.7 Å². The van der Waals surface area contributed by atoms with E-state index in [0.717, 1.165) is 24.3 Å². The quantitative estimate of drug-likeness (QED) is 0.820. The van der Waals surface area contributed by atoms with Crippen LogP contribution in [0.5, 0.6) is 0 Å². The molecule has 0 amide bonds. The van der Waals surface area contributed by atoms with E-state index in [2.05, 4.69) is 15.5 Å². The molecule has 17 heavy (non-hydrogen) atoms. The molecule has 8 heteroatoms. The van der Waals surface area contributed by atoms with Gasteiger partial charge in [-0.15, -0.1) is 0 Å². The van der Waals surface area contributed by atoms with Gasteiger partial charge in [0.25, 0.3) is 0 Å². The summed E-state index contributed by atoms with van der Waals surface area (Å²) >= 11 is 1.89. The summed E-state index contributed by atoms with van der Waals surface area (Å²) in [6, 6.07) is 0.334. The second-order valence-corrected chi connectivity index (χ2v) is 7.39. The van der Waals surface area contributed by atoms with Gasteiger partial charge in [0.05, 0.1) is 0 Å². The molecule has 96 valence electrons. The molecule has 2 rings (SSSR count). The average Bonchev–Trinajstić information content (AvgIpc) is 2.64. The number of aromatic nitrogens is 2. The third-order valence-corrected chi connectivity index (χ3v) is 4.23. The molecule has 6 nitrogen and oxygen atoms in total. The second-order valence-electron chi connectivity index (χ2n) is 4.10. The standard InChI is InChI=1S/C9H15N3O3S2/c1-17(13,14)6-8-11-9(15-12-8)4-7-5-16-3-2-10-7/h7,10H,2-6H2,1H3. The fourth-order valence-electron chi connectivity index (χ4n) is 1.63. The van der Waals surface area contributed by atoms with Crippen LogP contribution in [0, 0.1) is 0 Å². The number of rotatable bonds is 4. The Morgan fingerprint density at radius 3 is 3.06 bits per heavy atom. The molecule has 0 aliphatic carbocycles. The maximum absolute atomic E-state index is 11.1. The lowest BCUT2D eigenvalue weighted by molar-refractivity contribution is 0.359. The summed E-state index contributed by atoms with van der Waals surface area (Å²) in [6.45, 7) is 0.986. The molecule has 1 aromatic heterocycles. The third kappa shape index (κ3) is 4.29. The normalized spacial score (nSPS) is 21.6. The van der Waals surface area contributed by atoms with E-state index in [1.165, 1.54) is 0 Å². The summed E-state index contributed by atoms with van der Waals surface area (Å²) in [5.41, 5.74) is 0. The van der Waals surface area contributed by atoms with Gasteiger partial charge in [0.15, 0.2) is 15.7 Å². The summed E-state index contributed by atoms with van der Waals surface area (Å²) in [7, 11) is -3.10. The minimum Gasteiger partial charge on any atom is -0.339 e. The largest absolute Gasteiger partial charge is 0.339 e. The first-order valence-electron chi connectivity index (χ1n) is 5.33. The van der Waals surface area contributed by atoms with Gasteiger partial charge in [0.2, 0.25) is 5.89 Å². The van der Waals surface area contributed by atoms with E-state index in [4.69, 9.17) is 4.52 Å². The van der Waals surface area contributed by atoms with E-state index >= 15 is 0 Å². The van der Waals surface area contributed by atoms with Gasteiger partial charge in [-0.3, -0.25) is 0 Å². The van der Waals surface area contributed by atoms with Gasteiger partial charge in [-0.05, 0) is 0 Å². The van der Waals surface area contributed by atoms with Crippen LogP contribution in [-0.2, 0) is 22.0 Å². The molecule has 0 bridgehead atoms. The fourth-order valence-corrected chi connectivity index (χ4v) is 3.16. The fraction of sp³-hybridized carbons (Fsp3) is 0.778. The van der Waals surface area contributed by atoms with Crippen LogP contribution in [0.4, 0.5) is 0 Å². The molecule has 1 atom stereocenters. The van der Waals surface area contributed by atoms with Crippen molar-refractivity contribution in [3.63, 3.8) is 0 Å². The summed E-state index contributed by atoms with van der Waals surface area (Å²) in [5, 5.41) is 7.03. The number of hydrogen-bond donors (Lipinski definition) is 1. The van der Waals surface area contributed by atoms with Crippen molar-refractivity contribution in [1.29, 1.82) is 0 Å². The first kappa shape index (κ1) is 12.8. The lowest BCUT2D eigenvalue weighted by Crippen LogP contribution is -2.38. The third-order valence-electron chi connectivity index (χ3n) is 2.32. The van der Waals surface area contributed by atoms with E-state index in [-0.39, 0.29) is 11.6 Å². The summed E-state index contributed by atoms with van der Waals surface area (Å²) in [4.78, 5) is 4.08. The van der Waals surface area contributed by atoms with Crippen molar-refractivity contribution in [3.8, 4) is 0 Å². The predicted molar refractivity (Wildman–Crippen MR) is 65.7 cm³/mol. The molecule has 0 saturated carbocycles. The number of sulfone groups is 1. The van der Waals surface area contributed by atoms with Gasteiger partial charge in [-0.1, -0.05) is 5.16 Å². The van der Waals surface area contributed by atoms with Crippen LogP contribution in [0.2, 0.25) is 0 Å². The van der Waals surface area contributed by atoms with Crippen LogP contribution in [0.3, 0.4) is 0 Å². The van der Waals surface area contributed by atoms with Crippen LogP contribution >= 0.6 is 11.8 Å². The highest BCUT2D eigenvalue weighted by Gasteiger charge is 2.18. The SMILES string of the molecule is CS(=O)(=O)Cc1noc(CC2CSCCN2)n1. The Morgan fingerprint density at radius 2 is 2.41 bits per heavy atom. The molecule has 1 fully saturated rings. The Hall–Kier alpha value is -0.600. The average molecular weight is 277 g/mol. The molecule has 0 aromatic carbocycles. The van der Waals surface area contributed by atoms with Crippen molar-refractivity contribution in [2.45, 2.75) is 18.2 Å². The number of nitrogens with one attached hydrogen (secondary N) is 1. The van der Waals surface area contributed by atoms with Crippen molar-refractivity contribution < 1.29 is 12.9 Å². The van der Waals surface area contributed by atoms with E-state index < -0.39 is 9.84 Å². The minimum atomic E-state index is -3.10. The Kier molecular flexibility index (Phi) is 4.05. The monoisotopic (exact) mass is 277 g/mol. The first-order chi connectivity index (χ1) is 8.03. The Labute approximate surface area is 104 Å². The predicted octanol–water partition coefficient (Wildman–Crippen LogP) is -0.138. The van der Waals surface area contributed by atoms with Gasteiger partial charge in [0.1, 0.15) is 5.75 Å². The molecule has 1 saturated heterocycles. The smallest absolute Gasteiger partial charge is 0.228 e. The van der Waals surface area contributed by atoms with E-state index in [1.54, 1.807) is 0 Å². The Morgan fingerprint density at radius 1 is 1.59 bits per heavy atom. The topological polar surface area (TPSA) is 85.1 Å². The number of nitrogens with zero attached hydrogens (tertiary/aromatic N) is 2. The molecule has 0 radical (unpaired) electrons. The lowest BCUT2D eigenvalue weighted by Gasteiger charge is -2.21.